The normalized spacial score (nSPS) is 44.3. The minimum Gasteiger partial charge on any atom is -0.390 e. The molecule has 0 spiro atoms. The summed E-state index contributed by atoms with van der Waals surface area (Å²) in [4.78, 5) is 43.5. The number of nitrogens with zero attached hydrogens (tertiary/aromatic N) is 1. The standard InChI is InChI=1S/C29H32F2N2O6/c1-26-8-7-18(35)10-21(26)22(30)11-20-19-9-16-13-33(17-5-3-15(4-6-17)25(32)38)39-29(16,24(37)14-34)27(19,2)12-23(36)28(20,26)31/h3-8,10,16,19-20,22-23,34,36H,9,11-14H2,1-2H3,(H2,32,38)/t16-,19-,20-,22-,23-,26-,27-,28-,29-/m0/s1. The Balaban J connectivity index is 1.42. The molecule has 39 heavy (non-hydrogen) atoms. The van der Waals surface area contributed by atoms with Crippen LogP contribution in [-0.2, 0) is 14.4 Å². The second-order valence-electron chi connectivity index (χ2n) is 12.2. The van der Waals surface area contributed by atoms with E-state index >= 15 is 8.78 Å². The first kappa shape index (κ1) is 26.3. The Bertz CT molecular complexity index is 1330. The molecule has 0 unspecified atom stereocenters. The third-order valence-corrected chi connectivity index (χ3v) is 10.6. The molecule has 5 aliphatic rings. The van der Waals surface area contributed by atoms with Crippen LogP contribution in [0.15, 0.2) is 48.1 Å². The number of carbonyl (C=O) groups is 3. The lowest BCUT2D eigenvalue weighted by Gasteiger charge is -2.63. The second kappa shape index (κ2) is 8.28. The zero-order valence-electron chi connectivity index (χ0n) is 21.8. The van der Waals surface area contributed by atoms with Crippen molar-refractivity contribution in [2.24, 2.45) is 34.3 Å². The van der Waals surface area contributed by atoms with Crippen molar-refractivity contribution in [3.63, 3.8) is 0 Å². The Morgan fingerprint density at radius 3 is 2.51 bits per heavy atom. The molecule has 3 saturated carbocycles. The van der Waals surface area contributed by atoms with Gasteiger partial charge in [-0.3, -0.25) is 24.3 Å². The van der Waals surface area contributed by atoms with Gasteiger partial charge in [0.2, 0.25) is 5.91 Å². The van der Waals surface area contributed by atoms with Crippen LogP contribution in [-0.4, -0.2) is 64.4 Å². The maximum atomic E-state index is 17.4. The van der Waals surface area contributed by atoms with Gasteiger partial charge in [-0.1, -0.05) is 13.0 Å². The first-order valence-corrected chi connectivity index (χ1v) is 13.3. The fourth-order valence-corrected chi connectivity index (χ4v) is 8.81. The van der Waals surface area contributed by atoms with Crippen LogP contribution in [0.1, 0.15) is 43.5 Å². The Morgan fingerprint density at radius 2 is 1.87 bits per heavy atom. The monoisotopic (exact) mass is 542 g/mol. The van der Waals surface area contributed by atoms with Crippen LogP contribution < -0.4 is 10.8 Å². The van der Waals surface area contributed by atoms with Crippen LogP contribution in [0.4, 0.5) is 14.5 Å². The van der Waals surface area contributed by atoms with E-state index in [1.807, 2.05) is 0 Å². The molecule has 1 aromatic carbocycles. The predicted octanol–water partition coefficient (Wildman–Crippen LogP) is 2.38. The molecule has 0 bridgehead atoms. The van der Waals surface area contributed by atoms with Gasteiger partial charge in [0.1, 0.15) is 12.8 Å². The number of rotatable bonds is 4. The number of amides is 1. The molecular weight excluding hydrogens is 510 g/mol. The number of ketones is 2. The van der Waals surface area contributed by atoms with Crippen molar-refractivity contribution in [1.29, 1.82) is 0 Å². The van der Waals surface area contributed by atoms with Crippen molar-refractivity contribution in [1.82, 2.24) is 0 Å². The fraction of sp³-hybridized carbons (Fsp3) is 0.552. The maximum absolute atomic E-state index is 17.4. The van der Waals surface area contributed by atoms with Gasteiger partial charge in [-0.25, -0.2) is 8.78 Å². The number of allylic oxidation sites excluding steroid dienone is 4. The molecule has 4 aliphatic carbocycles. The summed E-state index contributed by atoms with van der Waals surface area (Å²) in [5, 5.41) is 23.2. The third kappa shape index (κ3) is 3.10. The number of hydrogen-bond donors (Lipinski definition) is 3. The first-order valence-electron chi connectivity index (χ1n) is 13.3. The van der Waals surface area contributed by atoms with Gasteiger partial charge in [-0.15, -0.1) is 0 Å². The number of primary amides is 1. The number of halogens is 2. The van der Waals surface area contributed by atoms with E-state index in [-0.39, 0.29) is 25.0 Å². The average molecular weight is 543 g/mol. The number of fused-ring (bicyclic) bond motifs is 7. The topological polar surface area (TPSA) is 130 Å². The van der Waals surface area contributed by atoms with Gasteiger partial charge in [-0.2, -0.15) is 0 Å². The van der Waals surface area contributed by atoms with E-state index in [9.17, 15) is 24.6 Å². The number of aliphatic hydroxyl groups is 2. The smallest absolute Gasteiger partial charge is 0.248 e. The molecule has 9 atom stereocenters. The Morgan fingerprint density at radius 1 is 1.18 bits per heavy atom. The lowest BCUT2D eigenvalue weighted by Crippen LogP contribution is -2.70. The number of anilines is 1. The summed E-state index contributed by atoms with van der Waals surface area (Å²) in [5.41, 5.74) is -0.228. The number of hydrogen-bond acceptors (Lipinski definition) is 7. The highest BCUT2D eigenvalue weighted by Gasteiger charge is 2.79. The number of hydroxylamine groups is 1. The van der Waals surface area contributed by atoms with Gasteiger partial charge in [0.15, 0.2) is 22.8 Å². The summed E-state index contributed by atoms with van der Waals surface area (Å²) >= 11 is 0. The lowest BCUT2D eigenvalue weighted by molar-refractivity contribution is -0.228. The number of alkyl halides is 2. The van der Waals surface area contributed by atoms with E-state index in [1.54, 1.807) is 31.2 Å². The van der Waals surface area contributed by atoms with Crippen LogP contribution >= 0.6 is 0 Å². The molecule has 1 heterocycles. The zero-order valence-corrected chi connectivity index (χ0v) is 21.8. The number of aliphatic hydroxyl groups excluding tert-OH is 2. The lowest BCUT2D eigenvalue weighted by atomic mass is 9.44. The van der Waals surface area contributed by atoms with Crippen molar-refractivity contribution in [3.8, 4) is 0 Å². The van der Waals surface area contributed by atoms with E-state index in [1.165, 1.54) is 24.1 Å². The molecule has 10 heteroatoms. The minimum atomic E-state index is -2.27. The summed E-state index contributed by atoms with van der Waals surface area (Å²) in [5.74, 6) is -3.53. The largest absolute Gasteiger partial charge is 0.390 e. The van der Waals surface area contributed by atoms with Crippen LogP contribution in [0.2, 0.25) is 0 Å². The molecule has 0 aromatic heterocycles. The molecule has 0 radical (unpaired) electrons. The molecule has 6 rings (SSSR count). The Kier molecular flexibility index (Phi) is 5.58. The number of benzene rings is 1. The fourth-order valence-electron chi connectivity index (χ4n) is 8.81. The van der Waals surface area contributed by atoms with Crippen molar-refractivity contribution < 1.29 is 38.2 Å². The van der Waals surface area contributed by atoms with E-state index in [2.05, 4.69) is 0 Å². The van der Waals surface area contributed by atoms with Gasteiger partial charge in [0, 0.05) is 28.2 Å². The number of nitrogens with two attached hydrogens (primary N) is 1. The average Bonchev–Trinajstić information content (AvgIpc) is 3.40. The molecular formula is C29H32F2N2O6. The summed E-state index contributed by atoms with van der Waals surface area (Å²) < 4.78 is 33.1. The van der Waals surface area contributed by atoms with Gasteiger partial charge in [-0.05, 0) is 74.1 Å². The van der Waals surface area contributed by atoms with Crippen molar-refractivity contribution >= 4 is 23.2 Å². The third-order valence-electron chi connectivity index (χ3n) is 10.6. The minimum absolute atomic E-state index is 0.0394. The van der Waals surface area contributed by atoms with E-state index in [0.717, 1.165) is 6.08 Å². The van der Waals surface area contributed by atoms with E-state index in [4.69, 9.17) is 10.6 Å². The van der Waals surface area contributed by atoms with E-state index in [0.29, 0.717) is 17.7 Å². The SMILES string of the molecule is C[C@]12C=CC(=O)C=C1[C@@H](F)C[C@H]1[C@@H]3C[C@H]4CN(c5ccc(C(N)=O)cc5)O[C@@]4(C(=O)CO)[C@@]3(C)C[C@H](O)[C@@]12F. The predicted molar refractivity (Wildman–Crippen MR) is 136 cm³/mol. The highest BCUT2D eigenvalue weighted by atomic mass is 19.1. The molecule has 208 valence electrons. The van der Waals surface area contributed by atoms with Gasteiger partial charge < -0.3 is 15.9 Å². The van der Waals surface area contributed by atoms with Crippen molar-refractivity contribution in [3.05, 3.63) is 53.6 Å². The summed E-state index contributed by atoms with van der Waals surface area (Å²) in [7, 11) is 0. The quantitative estimate of drug-likeness (QED) is 0.533. The Labute approximate surface area is 224 Å². The molecule has 4 N–H and O–H groups in total. The van der Waals surface area contributed by atoms with Crippen LogP contribution in [0, 0.1) is 28.6 Å². The molecule has 8 nitrogen and oxygen atoms in total. The maximum Gasteiger partial charge on any atom is 0.248 e. The highest BCUT2D eigenvalue weighted by molar-refractivity contribution is 6.01. The van der Waals surface area contributed by atoms with Gasteiger partial charge in [0.25, 0.3) is 0 Å². The molecule has 1 amide bonds. The van der Waals surface area contributed by atoms with Crippen molar-refractivity contribution in [2.75, 3.05) is 18.2 Å². The zero-order chi connectivity index (χ0) is 28.1. The van der Waals surface area contributed by atoms with E-state index < -0.39 is 76.2 Å². The summed E-state index contributed by atoms with van der Waals surface area (Å²) in [6.45, 7) is 2.74. The number of carbonyl (C=O) groups excluding carboxylic acids is 3. The summed E-state index contributed by atoms with van der Waals surface area (Å²) in [6, 6.07) is 6.36. The van der Waals surface area contributed by atoms with Crippen LogP contribution in [0.3, 0.4) is 0 Å². The molecule has 1 aliphatic heterocycles. The summed E-state index contributed by atoms with van der Waals surface area (Å²) in [6.07, 6.45) is 0.529. The molecule has 1 aromatic rings. The highest BCUT2D eigenvalue weighted by Crippen LogP contribution is 2.72. The molecule has 4 fully saturated rings. The second-order valence-corrected chi connectivity index (χ2v) is 12.2. The molecule has 1 saturated heterocycles. The van der Waals surface area contributed by atoms with Crippen molar-refractivity contribution in [2.45, 2.75) is 56.7 Å². The Hall–Kier alpha value is -2.95. The number of Topliss-reactive ketones (excluding diaryl/α,β-unsaturated/α-hetero) is 1. The first-order chi connectivity index (χ1) is 18.3. The van der Waals surface area contributed by atoms with Crippen LogP contribution in [0.5, 0.6) is 0 Å². The van der Waals surface area contributed by atoms with Crippen LogP contribution in [0.25, 0.3) is 0 Å². The van der Waals surface area contributed by atoms with Gasteiger partial charge >= 0.3 is 0 Å². The van der Waals surface area contributed by atoms with Gasteiger partial charge in [0.05, 0.1) is 18.3 Å².